The van der Waals surface area contributed by atoms with E-state index in [0.717, 1.165) is 6.07 Å². The Kier molecular flexibility index (Phi) is 7.14. The molecule has 1 aliphatic rings. The first kappa shape index (κ1) is 23.7. The maximum atomic E-state index is 12.9. The van der Waals surface area contributed by atoms with E-state index in [1.54, 1.807) is 26.1 Å². The number of anilines is 1. The zero-order chi connectivity index (χ0) is 22.7. The maximum Gasteiger partial charge on any atom is 0.416 e. The van der Waals surface area contributed by atoms with Gasteiger partial charge in [-0.15, -0.1) is 0 Å². The van der Waals surface area contributed by atoms with Gasteiger partial charge in [0.25, 0.3) is 5.91 Å². The molecule has 168 valence electrons. The van der Waals surface area contributed by atoms with Crippen molar-refractivity contribution in [3.8, 4) is 5.75 Å². The lowest BCUT2D eigenvalue weighted by Crippen LogP contribution is -2.42. The monoisotopic (exact) mass is 438 g/mol. The van der Waals surface area contributed by atoms with Gasteiger partial charge >= 0.3 is 18.7 Å². The molecule has 0 aliphatic carbocycles. The first-order valence-electron chi connectivity index (χ1n) is 9.20. The van der Waals surface area contributed by atoms with Crippen molar-refractivity contribution in [1.82, 2.24) is 4.90 Å². The van der Waals surface area contributed by atoms with E-state index >= 15 is 0 Å². The molecule has 1 aromatic carbocycles. The highest BCUT2D eigenvalue weighted by Crippen LogP contribution is 2.35. The standard InChI is InChI=1S/C19H23F5N2O4/c1-18(2,3)30-17(28)26-8-4-5-12(26)10-29-14-7-6-11(19(22,23)24)9-13(14)25-16(27)15(20)21/h6-7,9,12,15H,4-5,8,10H2,1-3H3,(H,25,27)/t12-/m0/s1. The van der Waals surface area contributed by atoms with E-state index in [0.29, 0.717) is 31.5 Å². The molecule has 0 radical (unpaired) electrons. The smallest absolute Gasteiger partial charge is 0.416 e. The largest absolute Gasteiger partial charge is 0.489 e. The molecule has 0 spiro atoms. The van der Waals surface area contributed by atoms with Gasteiger partial charge < -0.3 is 19.7 Å². The molecule has 30 heavy (non-hydrogen) atoms. The van der Waals surface area contributed by atoms with Crippen LogP contribution in [0.3, 0.4) is 0 Å². The van der Waals surface area contributed by atoms with Gasteiger partial charge in [-0.05, 0) is 51.8 Å². The van der Waals surface area contributed by atoms with Gasteiger partial charge in [-0.25, -0.2) is 4.79 Å². The molecule has 0 bridgehead atoms. The molecule has 1 aromatic rings. The Bertz CT molecular complexity index is 777. The fourth-order valence-electron chi connectivity index (χ4n) is 2.87. The van der Waals surface area contributed by atoms with Gasteiger partial charge in [0.15, 0.2) is 0 Å². The summed E-state index contributed by atoms with van der Waals surface area (Å²) >= 11 is 0. The number of nitrogens with zero attached hydrogens (tertiary/aromatic N) is 1. The first-order chi connectivity index (χ1) is 13.8. The highest BCUT2D eigenvalue weighted by Gasteiger charge is 2.34. The Balaban J connectivity index is 2.16. The maximum absolute atomic E-state index is 12.9. The lowest BCUT2D eigenvalue weighted by Gasteiger charge is -2.28. The van der Waals surface area contributed by atoms with Crippen molar-refractivity contribution in [2.75, 3.05) is 18.5 Å². The van der Waals surface area contributed by atoms with Crippen LogP contribution in [0.2, 0.25) is 0 Å². The quantitative estimate of drug-likeness (QED) is 0.678. The summed E-state index contributed by atoms with van der Waals surface area (Å²) in [5.41, 5.74) is -2.36. The molecule has 1 atom stereocenters. The highest BCUT2D eigenvalue weighted by molar-refractivity contribution is 5.94. The van der Waals surface area contributed by atoms with Crippen molar-refractivity contribution < 1.29 is 41.0 Å². The van der Waals surface area contributed by atoms with Crippen LogP contribution in [0.5, 0.6) is 5.75 Å². The second kappa shape index (κ2) is 9.05. The summed E-state index contributed by atoms with van der Waals surface area (Å²) in [6.45, 7) is 5.46. The number of rotatable bonds is 5. The van der Waals surface area contributed by atoms with Crippen LogP contribution < -0.4 is 10.1 Å². The van der Waals surface area contributed by atoms with E-state index in [1.165, 1.54) is 4.90 Å². The third-order valence-electron chi connectivity index (χ3n) is 4.20. The summed E-state index contributed by atoms with van der Waals surface area (Å²) in [5.74, 6) is -1.97. The van der Waals surface area contributed by atoms with Gasteiger partial charge in [0.05, 0.1) is 17.3 Å². The molecule has 0 aromatic heterocycles. The number of amides is 2. The Morgan fingerprint density at radius 2 is 1.90 bits per heavy atom. The number of alkyl halides is 5. The van der Waals surface area contributed by atoms with Crippen molar-refractivity contribution in [3.05, 3.63) is 23.8 Å². The molecule has 6 nitrogen and oxygen atoms in total. The summed E-state index contributed by atoms with van der Waals surface area (Å²) < 4.78 is 74.8. The predicted molar refractivity (Wildman–Crippen MR) is 97.5 cm³/mol. The molecule has 1 heterocycles. The SMILES string of the molecule is CC(C)(C)OC(=O)N1CCC[C@H]1COc1ccc(C(F)(F)F)cc1NC(=O)C(F)F. The van der Waals surface area contributed by atoms with Crippen LogP contribution in [-0.4, -0.2) is 48.1 Å². The van der Waals surface area contributed by atoms with E-state index in [-0.39, 0.29) is 12.4 Å². The van der Waals surface area contributed by atoms with Gasteiger partial charge in [-0.1, -0.05) is 0 Å². The number of nitrogens with one attached hydrogen (secondary N) is 1. The molecule has 0 unspecified atom stereocenters. The van der Waals surface area contributed by atoms with Crippen LogP contribution in [0.1, 0.15) is 39.2 Å². The molecule has 0 saturated carbocycles. The normalized spacial score (nSPS) is 17.2. The average Bonchev–Trinajstić information content (AvgIpc) is 3.06. The van der Waals surface area contributed by atoms with Gasteiger partial charge in [0.1, 0.15) is 18.0 Å². The first-order valence-corrected chi connectivity index (χ1v) is 9.20. The van der Waals surface area contributed by atoms with Gasteiger partial charge in [-0.2, -0.15) is 22.0 Å². The minimum atomic E-state index is -4.73. The van der Waals surface area contributed by atoms with E-state index in [1.807, 2.05) is 0 Å². The molecule has 2 amide bonds. The Morgan fingerprint density at radius 3 is 2.47 bits per heavy atom. The lowest BCUT2D eigenvalue weighted by atomic mass is 10.1. The van der Waals surface area contributed by atoms with Crippen molar-refractivity contribution in [1.29, 1.82) is 0 Å². The Labute approximate surface area is 170 Å². The van der Waals surface area contributed by atoms with Crippen LogP contribution in [0, 0.1) is 0 Å². The van der Waals surface area contributed by atoms with Gasteiger partial charge in [-0.3, -0.25) is 4.79 Å². The molecule has 1 saturated heterocycles. The predicted octanol–water partition coefficient (Wildman–Crippen LogP) is 4.69. The average molecular weight is 438 g/mol. The van der Waals surface area contributed by atoms with Crippen molar-refractivity contribution in [2.45, 2.75) is 57.9 Å². The number of carbonyl (C=O) groups excluding carboxylic acids is 2. The zero-order valence-electron chi connectivity index (χ0n) is 16.7. The minimum absolute atomic E-state index is 0.109. The highest BCUT2D eigenvalue weighted by atomic mass is 19.4. The number of ether oxygens (including phenoxy) is 2. The third-order valence-corrected chi connectivity index (χ3v) is 4.20. The summed E-state index contributed by atoms with van der Waals surface area (Å²) in [6, 6.07) is 1.76. The molecule has 2 rings (SSSR count). The van der Waals surface area contributed by atoms with Crippen LogP contribution in [0.25, 0.3) is 0 Å². The summed E-state index contributed by atoms with van der Waals surface area (Å²) in [5, 5.41) is 1.74. The summed E-state index contributed by atoms with van der Waals surface area (Å²) in [4.78, 5) is 25.1. The number of hydrogen-bond acceptors (Lipinski definition) is 4. The van der Waals surface area contributed by atoms with Crippen LogP contribution in [-0.2, 0) is 15.7 Å². The van der Waals surface area contributed by atoms with Crippen LogP contribution >= 0.6 is 0 Å². The van der Waals surface area contributed by atoms with Crippen molar-refractivity contribution in [2.24, 2.45) is 0 Å². The molecular formula is C19H23F5N2O4. The second-order valence-electron chi connectivity index (χ2n) is 7.78. The Morgan fingerprint density at radius 1 is 1.23 bits per heavy atom. The number of carbonyl (C=O) groups is 2. The van der Waals surface area contributed by atoms with E-state index in [2.05, 4.69) is 0 Å². The van der Waals surface area contributed by atoms with Crippen molar-refractivity contribution >= 4 is 17.7 Å². The fourth-order valence-corrected chi connectivity index (χ4v) is 2.87. The number of hydrogen-bond donors (Lipinski definition) is 1. The van der Waals surface area contributed by atoms with Crippen LogP contribution in [0.4, 0.5) is 32.4 Å². The zero-order valence-corrected chi connectivity index (χ0v) is 16.7. The van der Waals surface area contributed by atoms with Crippen LogP contribution in [0.15, 0.2) is 18.2 Å². The van der Waals surface area contributed by atoms with E-state index < -0.39 is 47.5 Å². The number of benzene rings is 1. The molecule has 1 fully saturated rings. The molecular weight excluding hydrogens is 415 g/mol. The number of halogens is 5. The van der Waals surface area contributed by atoms with Gasteiger partial charge in [0, 0.05) is 6.54 Å². The summed E-state index contributed by atoms with van der Waals surface area (Å²) in [7, 11) is 0. The number of likely N-dealkylation sites (tertiary alicyclic amines) is 1. The van der Waals surface area contributed by atoms with E-state index in [9.17, 15) is 31.5 Å². The van der Waals surface area contributed by atoms with Crippen molar-refractivity contribution in [3.63, 3.8) is 0 Å². The summed E-state index contributed by atoms with van der Waals surface area (Å²) in [6.07, 6.45) is -7.45. The molecule has 1 N–H and O–H groups in total. The lowest BCUT2D eigenvalue weighted by molar-refractivity contribution is -0.137. The van der Waals surface area contributed by atoms with E-state index in [4.69, 9.17) is 9.47 Å². The third kappa shape index (κ3) is 6.46. The minimum Gasteiger partial charge on any atom is -0.489 e. The topological polar surface area (TPSA) is 67.9 Å². The molecule has 1 aliphatic heterocycles. The fraction of sp³-hybridized carbons (Fsp3) is 0.579. The second-order valence-corrected chi connectivity index (χ2v) is 7.78. The Hall–Kier alpha value is -2.59. The molecule has 11 heteroatoms. The van der Waals surface area contributed by atoms with Gasteiger partial charge in [0.2, 0.25) is 0 Å².